The summed E-state index contributed by atoms with van der Waals surface area (Å²) >= 11 is 0. The van der Waals surface area contributed by atoms with E-state index in [-0.39, 0.29) is 18.9 Å². The molecule has 0 fully saturated rings. The molecule has 1 aromatic heterocycles. The summed E-state index contributed by atoms with van der Waals surface area (Å²) in [5, 5.41) is 3.51. The van der Waals surface area contributed by atoms with E-state index in [1.807, 2.05) is 0 Å². The third kappa shape index (κ3) is 3.52. The van der Waals surface area contributed by atoms with Gasteiger partial charge in [-0.3, -0.25) is 0 Å². The van der Waals surface area contributed by atoms with Crippen molar-refractivity contribution in [1.82, 2.24) is 5.16 Å². The highest BCUT2D eigenvalue weighted by molar-refractivity contribution is 5.03. The molecule has 4 nitrogen and oxygen atoms in total. The summed E-state index contributed by atoms with van der Waals surface area (Å²) in [6.07, 6.45) is -6.19. The maximum absolute atomic E-state index is 12.0. The highest BCUT2D eigenvalue weighted by Gasteiger charge is 2.37. The van der Waals surface area contributed by atoms with E-state index in [1.54, 1.807) is 0 Å². The van der Waals surface area contributed by atoms with Gasteiger partial charge in [-0.25, -0.2) is 0 Å². The van der Waals surface area contributed by atoms with E-state index in [0.29, 0.717) is 5.69 Å². The van der Waals surface area contributed by atoms with Crippen LogP contribution >= 0.6 is 0 Å². The molecule has 0 aliphatic heterocycles. The Morgan fingerprint density at radius 1 is 1.60 bits per heavy atom. The van der Waals surface area contributed by atoms with Crippen LogP contribution in [0.4, 0.5) is 13.2 Å². The summed E-state index contributed by atoms with van der Waals surface area (Å²) in [4.78, 5) is 0. The molecule has 1 rings (SSSR count). The van der Waals surface area contributed by atoms with Gasteiger partial charge in [-0.2, -0.15) is 13.2 Å². The zero-order valence-corrected chi connectivity index (χ0v) is 8.04. The second kappa shape index (κ2) is 4.63. The summed E-state index contributed by atoms with van der Waals surface area (Å²) in [6, 6.07) is 1.46. The van der Waals surface area contributed by atoms with Gasteiger partial charge in [0.25, 0.3) is 0 Å². The van der Waals surface area contributed by atoms with E-state index in [0.717, 1.165) is 6.92 Å². The highest BCUT2D eigenvalue weighted by Crippen LogP contribution is 2.23. The summed E-state index contributed by atoms with van der Waals surface area (Å²) in [7, 11) is 0. The second-order valence-corrected chi connectivity index (χ2v) is 2.98. The predicted molar refractivity (Wildman–Crippen MR) is 44.7 cm³/mol. The fourth-order valence-electron chi connectivity index (χ4n) is 0.822. The highest BCUT2D eigenvalue weighted by atomic mass is 19.4. The topological polar surface area (TPSA) is 61.3 Å². The molecule has 2 N–H and O–H groups in total. The number of alkyl halides is 3. The molecule has 0 aliphatic carbocycles. The Balaban J connectivity index is 2.43. The number of ether oxygens (including phenoxy) is 1. The van der Waals surface area contributed by atoms with Crippen LogP contribution < -0.4 is 5.73 Å². The first-order valence-corrected chi connectivity index (χ1v) is 4.26. The monoisotopic (exact) mass is 224 g/mol. The minimum Gasteiger partial charge on any atom is -0.361 e. The van der Waals surface area contributed by atoms with Crippen molar-refractivity contribution < 1.29 is 22.4 Å². The van der Waals surface area contributed by atoms with Crippen LogP contribution in [0.3, 0.4) is 0 Å². The zero-order valence-electron chi connectivity index (χ0n) is 8.04. The van der Waals surface area contributed by atoms with Crippen molar-refractivity contribution in [1.29, 1.82) is 0 Å². The molecule has 0 bridgehead atoms. The molecular formula is C8H11F3N2O2. The normalized spacial score (nSPS) is 14.2. The molecule has 1 heterocycles. The maximum Gasteiger partial charge on any atom is 0.414 e. The van der Waals surface area contributed by atoms with Gasteiger partial charge in [0.1, 0.15) is 6.61 Å². The van der Waals surface area contributed by atoms with Crippen LogP contribution in [0.25, 0.3) is 0 Å². The molecule has 0 saturated carbocycles. The van der Waals surface area contributed by atoms with Gasteiger partial charge in [-0.05, 0) is 6.92 Å². The van der Waals surface area contributed by atoms with E-state index in [1.165, 1.54) is 6.07 Å². The Labute approximate surface area is 84.2 Å². The molecule has 0 amide bonds. The minimum absolute atomic E-state index is 0.179. The average molecular weight is 224 g/mol. The SMILES string of the molecule is CC(OCc1cc(CN)no1)C(F)(F)F. The molecular weight excluding hydrogens is 213 g/mol. The number of hydrogen-bond donors (Lipinski definition) is 1. The largest absolute Gasteiger partial charge is 0.414 e. The van der Waals surface area contributed by atoms with Crippen molar-refractivity contribution in [3.05, 3.63) is 17.5 Å². The Hall–Kier alpha value is -1.08. The molecule has 15 heavy (non-hydrogen) atoms. The van der Waals surface area contributed by atoms with Crippen LogP contribution in [0.1, 0.15) is 18.4 Å². The first-order valence-electron chi connectivity index (χ1n) is 4.26. The summed E-state index contributed by atoms with van der Waals surface area (Å²) in [6.45, 7) is 0.839. The summed E-state index contributed by atoms with van der Waals surface area (Å²) < 4.78 is 45.3. The Bertz CT molecular complexity index is 311. The Morgan fingerprint density at radius 3 is 2.73 bits per heavy atom. The fraction of sp³-hybridized carbons (Fsp3) is 0.625. The predicted octanol–water partition coefficient (Wildman–Crippen LogP) is 1.60. The Morgan fingerprint density at radius 2 is 2.27 bits per heavy atom. The second-order valence-electron chi connectivity index (χ2n) is 2.98. The fourth-order valence-corrected chi connectivity index (χ4v) is 0.822. The van der Waals surface area contributed by atoms with Crippen LogP contribution in [0.2, 0.25) is 0 Å². The first-order chi connectivity index (χ1) is 6.93. The molecule has 86 valence electrons. The van der Waals surface area contributed by atoms with Crippen molar-refractivity contribution in [2.75, 3.05) is 0 Å². The number of rotatable bonds is 4. The van der Waals surface area contributed by atoms with Crippen LogP contribution in [0, 0.1) is 0 Å². The van der Waals surface area contributed by atoms with Gasteiger partial charge in [-0.1, -0.05) is 5.16 Å². The third-order valence-electron chi connectivity index (χ3n) is 1.75. The standard InChI is InChI=1S/C8H11F3N2O2/c1-5(8(9,10)11)14-4-7-2-6(3-12)13-15-7/h2,5H,3-4,12H2,1H3. The smallest absolute Gasteiger partial charge is 0.361 e. The molecule has 0 aliphatic rings. The third-order valence-corrected chi connectivity index (χ3v) is 1.75. The lowest BCUT2D eigenvalue weighted by atomic mass is 10.3. The van der Waals surface area contributed by atoms with Gasteiger partial charge in [-0.15, -0.1) is 0 Å². The van der Waals surface area contributed by atoms with E-state index in [4.69, 9.17) is 10.3 Å². The number of aromatic nitrogens is 1. The van der Waals surface area contributed by atoms with Gasteiger partial charge in [0.15, 0.2) is 11.9 Å². The van der Waals surface area contributed by atoms with Crippen LogP contribution in [0.5, 0.6) is 0 Å². The van der Waals surface area contributed by atoms with Crippen molar-refractivity contribution in [2.24, 2.45) is 5.73 Å². The molecule has 1 aromatic rings. The van der Waals surface area contributed by atoms with Gasteiger partial charge < -0.3 is 15.0 Å². The number of nitrogens with zero attached hydrogens (tertiary/aromatic N) is 1. The lowest BCUT2D eigenvalue weighted by molar-refractivity contribution is -0.218. The number of hydrogen-bond acceptors (Lipinski definition) is 4. The van der Waals surface area contributed by atoms with Crippen molar-refractivity contribution >= 4 is 0 Å². The number of halogens is 3. The van der Waals surface area contributed by atoms with E-state index in [9.17, 15) is 13.2 Å². The lowest BCUT2D eigenvalue weighted by Crippen LogP contribution is -2.28. The number of nitrogens with two attached hydrogens (primary N) is 1. The van der Waals surface area contributed by atoms with Gasteiger partial charge in [0, 0.05) is 12.6 Å². The molecule has 0 saturated heterocycles. The molecule has 1 unspecified atom stereocenters. The van der Waals surface area contributed by atoms with Gasteiger partial charge in [0.05, 0.1) is 5.69 Å². The summed E-state index contributed by atoms with van der Waals surface area (Å²) in [5.41, 5.74) is 5.72. The first kappa shape index (κ1) is 12.0. The molecule has 0 radical (unpaired) electrons. The van der Waals surface area contributed by atoms with Crippen molar-refractivity contribution in [3.63, 3.8) is 0 Å². The van der Waals surface area contributed by atoms with Crippen LogP contribution in [-0.2, 0) is 17.9 Å². The quantitative estimate of drug-likeness (QED) is 0.843. The van der Waals surface area contributed by atoms with Crippen LogP contribution in [0.15, 0.2) is 10.6 Å². The Kier molecular flexibility index (Phi) is 3.70. The molecule has 0 aromatic carbocycles. The summed E-state index contributed by atoms with van der Waals surface area (Å²) in [5.74, 6) is 0.228. The average Bonchev–Trinajstić information content (AvgIpc) is 2.60. The van der Waals surface area contributed by atoms with E-state index < -0.39 is 12.3 Å². The molecule has 7 heteroatoms. The van der Waals surface area contributed by atoms with Gasteiger partial charge >= 0.3 is 6.18 Å². The van der Waals surface area contributed by atoms with Gasteiger partial charge in [0.2, 0.25) is 0 Å². The molecule has 0 spiro atoms. The molecule has 1 atom stereocenters. The maximum atomic E-state index is 12.0. The van der Waals surface area contributed by atoms with E-state index >= 15 is 0 Å². The van der Waals surface area contributed by atoms with Crippen molar-refractivity contribution in [3.8, 4) is 0 Å². The lowest BCUT2D eigenvalue weighted by Gasteiger charge is -2.14. The van der Waals surface area contributed by atoms with Crippen molar-refractivity contribution in [2.45, 2.75) is 32.4 Å². The van der Waals surface area contributed by atoms with Crippen LogP contribution in [-0.4, -0.2) is 17.4 Å². The minimum atomic E-state index is -4.36. The van der Waals surface area contributed by atoms with E-state index in [2.05, 4.69) is 9.89 Å². The zero-order chi connectivity index (χ0) is 11.5.